The second kappa shape index (κ2) is 11.8. The third-order valence-corrected chi connectivity index (χ3v) is 4.28. The minimum Gasteiger partial charge on any atom is -0.457 e. The zero-order chi connectivity index (χ0) is 17.1. The second-order valence-corrected chi connectivity index (χ2v) is 6.29. The molecule has 23 heavy (non-hydrogen) atoms. The van der Waals surface area contributed by atoms with Crippen LogP contribution in [0, 0.1) is 0 Å². The molecule has 1 aliphatic rings. The molecule has 0 bridgehead atoms. The lowest BCUT2D eigenvalue weighted by Gasteiger charge is -2.36. The van der Waals surface area contributed by atoms with E-state index in [2.05, 4.69) is 6.92 Å². The van der Waals surface area contributed by atoms with Crippen molar-refractivity contribution in [2.45, 2.75) is 89.1 Å². The largest absolute Gasteiger partial charge is 0.457 e. The van der Waals surface area contributed by atoms with Gasteiger partial charge in [0.2, 0.25) is 0 Å². The van der Waals surface area contributed by atoms with Crippen LogP contribution in [0.3, 0.4) is 0 Å². The molecule has 0 spiro atoms. The molecule has 1 aliphatic heterocycles. The molecule has 6 nitrogen and oxygen atoms in total. The predicted octanol–water partition coefficient (Wildman–Crippen LogP) is 1.54. The summed E-state index contributed by atoms with van der Waals surface area (Å²) in [4.78, 5) is 11.8. The minimum atomic E-state index is -1.24. The van der Waals surface area contributed by atoms with Crippen molar-refractivity contribution in [2.75, 3.05) is 13.2 Å². The normalized spacial score (nSPS) is 27.8. The van der Waals surface area contributed by atoms with Crippen molar-refractivity contribution >= 4 is 5.97 Å². The molecule has 1 saturated heterocycles. The highest BCUT2D eigenvalue weighted by Gasteiger charge is 2.40. The minimum absolute atomic E-state index is 0.00732. The summed E-state index contributed by atoms with van der Waals surface area (Å²) in [7, 11) is 0. The van der Waals surface area contributed by atoms with E-state index in [1.807, 2.05) is 0 Å². The highest BCUT2D eigenvalue weighted by molar-refractivity contribution is 5.69. The Morgan fingerprint density at radius 3 is 2.26 bits per heavy atom. The first-order valence-electron chi connectivity index (χ1n) is 8.88. The Balaban J connectivity index is 2.10. The van der Waals surface area contributed by atoms with Crippen molar-refractivity contribution in [3.8, 4) is 0 Å². The lowest BCUT2D eigenvalue weighted by molar-refractivity contribution is -0.210. The monoisotopic (exact) mass is 332 g/mol. The van der Waals surface area contributed by atoms with E-state index >= 15 is 0 Å². The summed E-state index contributed by atoms with van der Waals surface area (Å²) in [5.74, 6) is -0.377. The number of carbonyl (C=O) groups excluding carboxylic acids is 1. The molecule has 6 heteroatoms. The Kier molecular flexibility index (Phi) is 10.4. The number of unbranched alkanes of at least 4 members (excludes halogenated alkanes) is 7. The highest BCUT2D eigenvalue weighted by Crippen LogP contribution is 2.19. The van der Waals surface area contributed by atoms with Crippen LogP contribution in [-0.2, 0) is 14.3 Å². The Hall–Kier alpha value is -0.690. The fraction of sp³-hybridized carbons (Fsp3) is 0.941. The van der Waals surface area contributed by atoms with Gasteiger partial charge in [-0.3, -0.25) is 4.79 Å². The van der Waals surface area contributed by atoms with E-state index in [0.717, 1.165) is 19.3 Å². The number of hydrogen-bond acceptors (Lipinski definition) is 6. The third kappa shape index (κ3) is 7.61. The van der Waals surface area contributed by atoms with Gasteiger partial charge in [-0.15, -0.1) is 0 Å². The van der Waals surface area contributed by atoms with Gasteiger partial charge in [0.1, 0.15) is 18.3 Å². The Morgan fingerprint density at radius 2 is 1.65 bits per heavy atom. The zero-order valence-electron chi connectivity index (χ0n) is 14.2. The molecule has 1 heterocycles. The summed E-state index contributed by atoms with van der Waals surface area (Å²) >= 11 is 0. The standard InChI is InChI=1S/C17H32O6/c1-2-3-4-5-6-7-8-9-10-15(19)23-14-12-22-13(11-18)16(20)17(14)21/h13-14,16-18,20-21H,2-12H2,1H3/t13-,14-,16-,17-/m1/s1. The molecule has 1 fully saturated rings. The maximum Gasteiger partial charge on any atom is 0.306 e. The summed E-state index contributed by atoms with van der Waals surface area (Å²) in [6.45, 7) is 1.81. The number of rotatable bonds is 11. The molecule has 0 amide bonds. The van der Waals surface area contributed by atoms with Crippen LogP contribution in [0.2, 0.25) is 0 Å². The van der Waals surface area contributed by atoms with E-state index < -0.39 is 24.4 Å². The van der Waals surface area contributed by atoms with Crippen molar-refractivity contribution in [2.24, 2.45) is 0 Å². The van der Waals surface area contributed by atoms with Gasteiger partial charge in [0.05, 0.1) is 13.2 Å². The number of esters is 1. The number of hydrogen-bond donors (Lipinski definition) is 3. The van der Waals surface area contributed by atoms with Crippen molar-refractivity contribution in [1.82, 2.24) is 0 Å². The smallest absolute Gasteiger partial charge is 0.306 e. The molecule has 0 radical (unpaired) electrons. The van der Waals surface area contributed by atoms with E-state index in [1.54, 1.807) is 0 Å². The first-order chi connectivity index (χ1) is 11.1. The van der Waals surface area contributed by atoms with Crippen LogP contribution in [0.15, 0.2) is 0 Å². The lowest BCUT2D eigenvalue weighted by atomic mass is 10.0. The van der Waals surface area contributed by atoms with Crippen LogP contribution in [0.5, 0.6) is 0 Å². The maximum absolute atomic E-state index is 11.8. The SMILES string of the molecule is CCCCCCCCCCC(=O)O[C@@H]1CO[C@H](CO)[C@@H](O)[C@@H]1O. The quantitative estimate of drug-likeness (QED) is 0.392. The van der Waals surface area contributed by atoms with E-state index in [1.165, 1.54) is 32.1 Å². The number of carbonyl (C=O) groups is 1. The van der Waals surface area contributed by atoms with Crippen LogP contribution >= 0.6 is 0 Å². The number of aliphatic hydroxyl groups is 3. The van der Waals surface area contributed by atoms with Crippen molar-refractivity contribution in [3.63, 3.8) is 0 Å². The average molecular weight is 332 g/mol. The van der Waals surface area contributed by atoms with Gasteiger partial charge in [0.25, 0.3) is 0 Å². The fourth-order valence-electron chi connectivity index (χ4n) is 2.75. The van der Waals surface area contributed by atoms with Crippen molar-refractivity contribution < 1.29 is 29.6 Å². The third-order valence-electron chi connectivity index (χ3n) is 4.28. The molecule has 0 saturated carbocycles. The first kappa shape index (κ1) is 20.4. The Morgan fingerprint density at radius 1 is 1.04 bits per heavy atom. The molecular weight excluding hydrogens is 300 g/mol. The van der Waals surface area contributed by atoms with E-state index in [-0.39, 0.29) is 19.2 Å². The topological polar surface area (TPSA) is 96.2 Å². The molecule has 3 N–H and O–H groups in total. The maximum atomic E-state index is 11.8. The highest BCUT2D eigenvalue weighted by atomic mass is 16.6. The fourth-order valence-corrected chi connectivity index (χ4v) is 2.75. The molecular formula is C17H32O6. The summed E-state index contributed by atoms with van der Waals surface area (Å²) in [6, 6.07) is 0. The van der Waals surface area contributed by atoms with Crippen LogP contribution < -0.4 is 0 Å². The van der Waals surface area contributed by atoms with Gasteiger partial charge in [0.15, 0.2) is 6.10 Å². The number of ether oxygens (including phenoxy) is 2. The summed E-state index contributed by atoms with van der Waals surface area (Å²) in [5, 5.41) is 28.6. The van der Waals surface area contributed by atoms with Crippen LogP contribution in [-0.4, -0.2) is 58.9 Å². The van der Waals surface area contributed by atoms with Crippen molar-refractivity contribution in [3.05, 3.63) is 0 Å². The van der Waals surface area contributed by atoms with Gasteiger partial charge in [-0.2, -0.15) is 0 Å². The summed E-state index contributed by atoms with van der Waals surface area (Å²) < 4.78 is 10.3. The van der Waals surface area contributed by atoms with Gasteiger partial charge in [-0.25, -0.2) is 0 Å². The van der Waals surface area contributed by atoms with Crippen LogP contribution in [0.1, 0.15) is 64.7 Å². The summed E-state index contributed by atoms with van der Waals surface area (Å²) in [5.41, 5.74) is 0. The number of aliphatic hydroxyl groups excluding tert-OH is 3. The second-order valence-electron chi connectivity index (χ2n) is 6.29. The zero-order valence-corrected chi connectivity index (χ0v) is 14.2. The van der Waals surface area contributed by atoms with Gasteiger partial charge < -0.3 is 24.8 Å². The molecule has 1 rings (SSSR count). The van der Waals surface area contributed by atoms with Crippen LogP contribution in [0.25, 0.3) is 0 Å². The average Bonchev–Trinajstić information content (AvgIpc) is 2.54. The molecule has 4 atom stereocenters. The molecule has 0 aromatic rings. The lowest BCUT2D eigenvalue weighted by Crippen LogP contribution is -2.55. The molecule has 0 unspecified atom stereocenters. The molecule has 0 aromatic carbocycles. The molecule has 0 aromatic heterocycles. The van der Waals surface area contributed by atoms with Gasteiger partial charge >= 0.3 is 5.97 Å². The first-order valence-corrected chi connectivity index (χ1v) is 8.88. The van der Waals surface area contributed by atoms with Crippen LogP contribution in [0.4, 0.5) is 0 Å². The predicted molar refractivity (Wildman–Crippen MR) is 85.9 cm³/mol. The Bertz CT molecular complexity index is 322. The Labute approximate surface area is 138 Å². The van der Waals surface area contributed by atoms with Gasteiger partial charge in [-0.05, 0) is 6.42 Å². The van der Waals surface area contributed by atoms with Gasteiger partial charge in [-0.1, -0.05) is 51.9 Å². The van der Waals surface area contributed by atoms with E-state index in [0.29, 0.717) is 6.42 Å². The van der Waals surface area contributed by atoms with E-state index in [9.17, 15) is 15.0 Å². The van der Waals surface area contributed by atoms with E-state index in [4.69, 9.17) is 14.6 Å². The summed E-state index contributed by atoms with van der Waals surface area (Å²) in [6.07, 6.45) is 5.36. The molecule has 0 aliphatic carbocycles. The van der Waals surface area contributed by atoms with Gasteiger partial charge in [0, 0.05) is 6.42 Å². The van der Waals surface area contributed by atoms with Crippen molar-refractivity contribution in [1.29, 1.82) is 0 Å². The molecule has 136 valence electrons.